The van der Waals surface area contributed by atoms with E-state index in [-0.39, 0.29) is 0 Å². The highest BCUT2D eigenvalue weighted by atomic mass is 13.9. The molecule has 0 aliphatic rings. The van der Waals surface area contributed by atoms with Gasteiger partial charge in [-0.2, -0.15) is 0 Å². The molecule has 0 aromatic heterocycles. The van der Waals surface area contributed by atoms with E-state index in [9.17, 15) is 0 Å². The summed E-state index contributed by atoms with van der Waals surface area (Å²) in [5, 5.41) is 0. The normalized spacial score (nSPS) is 12.1. The lowest BCUT2D eigenvalue weighted by Gasteiger charge is -1.95. The van der Waals surface area contributed by atoms with Crippen LogP contribution in [0.3, 0.4) is 0 Å². The zero-order valence-electron chi connectivity index (χ0n) is 13.5. The number of unbranched alkanes of at least 4 members (excludes halogenated alkanes) is 8. The first-order valence-corrected chi connectivity index (χ1v) is 8.49. The fourth-order valence-corrected chi connectivity index (χ4v) is 2.01. The van der Waals surface area contributed by atoms with Gasteiger partial charge in [-0.3, -0.25) is 0 Å². The summed E-state index contributed by atoms with van der Waals surface area (Å²) in [7, 11) is 0. The van der Waals surface area contributed by atoms with E-state index in [1.807, 2.05) is 6.08 Å². The van der Waals surface area contributed by atoms with Crippen molar-refractivity contribution in [2.24, 2.45) is 0 Å². The molecule has 0 nitrogen and oxygen atoms in total. The van der Waals surface area contributed by atoms with Gasteiger partial charge in [-0.1, -0.05) is 68.7 Å². The predicted octanol–water partition coefficient (Wildman–Crippen LogP) is 7.15. The zero-order valence-corrected chi connectivity index (χ0v) is 13.5. The Balaban J connectivity index is 3.21. The van der Waals surface area contributed by atoms with Crippen LogP contribution in [-0.2, 0) is 0 Å². The maximum atomic E-state index is 3.71. The molecule has 114 valence electrons. The summed E-state index contributed by atoms with van der Waals surface area (Å²) in [6.07, 6.45) is 29.5. The smallest absolute Gasteiger partial charge is 0.0313 e. The number of rotatable bonds is 14. The lowest BCUT2D eigenvalue weighted by Crippen LogP contribution is -1.75. The van der Waals surface area contributed by atoms with E-state index < -0.39 is 0 Å². The molecule has 0 heterocycles. The van der Waals surface area contributed by atoms with Crippen molar-refractivity contribution in [3.63, 3.8) is 0 Å². The molecule has 0 aliphatic heterocycles. The Labute approximate surface area is 127 Å². The highest BCUT2D eigenvalue weighted by Crippen LogP contribution is 2.06. The largest absolute Gasteiger partial charge is 0.103 e. The van der Waals surface area contributed by atoms with Crippen molar-refractivity contribution in [2.45, 2.75) is 77.6 Å². The van der Waals surface area contributed by atoms with E-state index >= 15 is 0 Å². The van der Waals surface area contributed by atoms with Gasteiger partial charge in [-0.15, -0.1) is 6.58 Å². The van der Waals surface area contributed by atoms with Crippen LogP contribution in [0.5, 0.6) is 0 Å². The van der Waals surface area contributed by atoms with Crippen molar-refractivity contribution < 1.29 is 0 Å². The summed E-state index contributed by atoms with van der Waals surface area (Å²) in [4.78, 5) is 0. The quantitative estimate of drug-likeness (QED) is 0.179. The van der Waals surface area contributed by atoms with Crippen LogP contribution in [0.2, 0.25) is 0 Å². The van der Waals surface area contributed by atoms with Gasteiger partial charge in [0.25, 0.3) is 0 Å². The Morgan fingerprint density at radius 2 is 1.15 bits per heavy atom. The summed E-state index contributed by atoms with van der Waals surface area (Å²) in [6, 6.07) is 0. The van der Waals surface area contributed by atoms with Crippen molar-refractivity contribution in [2.75, 3.05) is 0 Å². The molecule has 0 saturated carbocycles. The molecule has 0 aromatic carbocycles. The maximum Gasteiger partial charge on any atom is -0.0313 e. The third kappa shape index (κ3) is 17.0. The molecule has 0 fully saturated rings. The van der Waals surface area contributed by atoms with Gasteiger partial charge in [0.05, 0.1) is 0 Å². The Hall–Kier alpha value is -1.04. The summed E-state index contributed by atoms with van der Waals surface area (Å²) in [5.41, 5.74) is 0. The number of hydrogen-bond acceptors (Lipinski definition) is 0. The average Bonchev–Trinajstić information content (AvgIpc) is 2.47. The second kappa shape index (κ2) is 18.0. The highest BCUT2D eigenvalue weighted by Gasteiger charge is 1.86. The van der Waals surface area contributed by atoms with Crippen LogP contribution in [0.15, 0.2) is 49.1 Å². The summed E-state index contributed by atoms with van der Waals surface area (Å²) in [6.45, 7) is 5.97. The minimum absolute atomic E-state index is 1.08. The predicted molar refractivity (Wildman–Crippen MR) is 94.1 cm³/mol. The second-order valence-corrected chi connectivity index (χ2v) is 5.33. The number of allylic oxidation sites excluding steroid dienone is 7. The topological polar surface area (TPSA) is 0 Å². The van der Waals surface area contributed by atoms with Crippen molar-refractivity contribution in [3.8, 4) is 0 Å². The van der Waals surface area contributed by atoms with Crippen LogP contribution >= 0.6 is 0 Å². The minimum Gasteiger partial charge on any atom is -0.103 e. The van der Waals surface area contributed by atoms with Gasteiger partial charge in [0.15, 0.2) is 0 Å². The lowest BCUT2D eigenvalue weighted by molar-refractivity contribution is 0.692. The molecule has 0 radical (unpaired) electrons. The molecule has 0 aliphatic carbocycles. The van der Waals surface area contributed by atoms with Crippen LogP contribution in [0.1, 0.15) is 77.6 Å². The first-order chi connectivity index (χ1) is 9.91. The first-order valence-electron chi connectivity index (χ1n) is 8.49. The molecule has 0 aromatic rings. The van der Waals surface area contributed by atoms with Crippen LogP contribution in [0.4, 0.5) is 0 Å². The SMILES string of the molecule is C=CCC/C=C/C=C/CCCCC/C=C/CCCCC. The molecule has 0 bridgehead atoms. The molecular weight excluding hydrogens is 240 g/mol. The van der Waals surface area contributed by atoms with Gasteiger partial charge in [-0.25, -0.2) is 0 Å². The van der Waals surface area contributed by atoms with Crippen LogP contribution in [0.25, 0.3) is 0 Å². The van der Waals surface area contributed by atoms with Gasteiger partial charge in [-0.05, 0) is 51.4 Å². The molecule has 0 atom stereocenters. The standard InChI is InChI=1S/C20H34/c1-3-5-7-9-11-13-15-17-19-20-18-16-14-12-10-8-6-4-2/h3,9,11-15H,1,4-8,10,16-20H2,2H3/b11-9+,14-12+,15-13+. The van der Waals surface area contributed by atoms with Gasteiger partial charge < -0.3 is 0 Å². The summed E-state index contributed by atoms with van der Waals surface area (Å²) < 4.78 is 0. The van der Waals surface area contributed by atoms with Crippen LogP contribution < -0.4 is 0 Å². The Morgan fingerprint density at radius 3 is 1.75 bits per heavy atom. The second-order valence-electron chi connectivity index (χ2n) is 5.33. The third-order valence-corrected chi connectivity index (χ3v) is 3.30. The fraction of sp³-hybridized carbons (Fsp3) is 0.600. The summed E-state index contributed by atoms with van der Waals surface area (Å²) >= 11 is 0. The third-order valence-electron chi connectivity index (χ3n) is 3.30. The van der Waals surface area contributed by atoms with Crippen LogP contribution in [0, 0.1) is 0 Å². The highest BCUT2D eigenvalue weighted by molar-refractivity contribution is 5.02. The Bertz CT molecular complexity index is 268. The molecule has 0 saturated heterocycles. The van der Waals surface area contributed by atoms with Crippen molar-refractivity contribution in [1.29, 1.82) is 0 Å². The molecule has 20 heavy (non-hydrogen) atoms. The van der Waals surface area contributed by atoms with Gasteiger partial charge in [0, 0.05) is 0 Å². The Morgan fingerprint density at radius 1 is 0.600 bits per heavy atom. The van der Waals surface area contributed by atoms with Crippen molar-refractivity contribution in [3.05, 3.63) is 49.1 Å². The molecule has 0 heteroatoms. The van der Waals surface area contributed by atoms with Gasteiger partial charge >= 0.3 is 0 Å². The fourth-order valence-electron chi connectivity index (χ4n) is 2.01. The van der Waals surface area contributed by atoms with Crippen molar-refractivity contribution >= 4 is 0 Å². The monoisotopic (exact) mass is 274 g/mol. The average molecular weight is 274 g/mol. The van der Waals surface area contributed by atoms with E-state index in [1.165, 1.54) is 57.8 Å². The van der Waals surface area contributed by atoms with Crippen molar-refractivity contribution in [1.82, 2.24) is 0 Å². The summed E-state index contributed by atoms with van der Waals surface area (Å²) in [5.74, 6) is 0. The lowest BCUT2D eigenvalue weighted by atomic mass is 10.1. The molecular formula is C20H34. The first kappa shape index (κ1) is 19.0. The molecule has 0 spiro atoms. The Kier molecular flexibility index (Phi) is 17.0. The molecule has 0 N–H and O–H groups in total. The van der Waals surface area contributed by atoms with E-state index in [1.54, 1.807) is 0 Å². The molecule has 0 rings (SSSR count). The maximum absolute atomic E-state index is 3.71. The van der Waals surface area contributed by atoms with E-state index in [2.05, 4.69) is 50.0 Å². The number of hydrogen-bond donors (Lipinski definition) is 0. The van der Waals surface area contributed by atoms with E-state index in [4.69, 9.17) is 0 Å². The van der Waals surface area contributed by atoms with E-state index in [0.29, 0.717) is 0 Å². The minimum atomic E-state index is 1.08. The van der Waals surface area contributed by atoms with E-state index in [0.717, 1.165) is 12.8 Å². The zero-order chi connectivity index (χ0) is 14.7. The molecule has 0 unspecified atom stereocenters. The molecule has 0 amide bonds. The van der Waals surface area contributed by atoms with Gasteiger partial charge in [0.2, 0.25) is 0 Å². The van der Waals surface area contributed by atoms with Crippen LogP contribution in [-0.4, -0.2) is 0 Å². The van der Waals surface area contributed by atoms with Gasteiger partial charge in [0.1, 0.15) is 0 Å².